The summed E-state index contributed by atoms with van der Waals surface area (Å²) in [6.45, 7) is 1.95. The lowest BCUT2D eigenvalue weighted by Gasteiger charge is -2.13. The van der Waals surface area contributed by atoms with Crippen molar-refractivity contribution >= 4 is 33.9 Å². The second-order valence-electron chi connectivity index (χ2n) is 8.39. The van der Waals surface area contributed by atoms with E-state index in [-0.39, 0.29) is 5.91 Å². The topological polar surface area (TPSA) is 63.6 Å². The van der Waals surface area contributed by atoms with Crippen LogP contribution < -0.4 is 10.1 Å². The van der Waals surface area contributed by atoms with Crippen molar-refractivity contribution in [1.29, 1.82) is 0 Å². The first kappa shape index (κ1) is 23.0. The number of ether oxygens (including phenoxy) is 1. The molecule has 0 unspecified atom stereocenters. The highest BCUT2D eigenvalue weighted by Crippen LogP contribution is 2.31. The minimum absolute atomic E-state index is 0.233. The third-order valence-electron chi connectivity index (χ3n) is 5.86. The minimum Gasteiger partial charge on any atom is -0.495 e. The van der Waals surface area contributed by atoms with Gasteiger partial charge in [0.05, 0.1) is 29.7 Å². The number of fused-ring (bicyclic) bond motifs is 1. The number of hydrogen-bond donors (Lipinski definition) is 1. The number of anilines is 1. The normalized spacial score (nSPS) is 10.6. The highest BCUT2D eigenvalue weighted by Gasteiger charge is 2.13. The van der Waals surface area contributed by atoms with E-state index in [0.29, 0.717) is 22.7 Å². The maximum Gasteiger partial charge on any atom is 0.255 e. The number of carbonyl (C=O) groups excluding carboxylic acids is 1. The number of hydrogen-bond acceptors (Lipinski definition) is 4. The van der Waals surface area contributed by atoms with Crippen LogP contribution in [0.2, 0.25) is 0 Å². The first-order valence-corrected chi connectivity index (χ1v) is 11.7. The maximum absolute atomic E-state index is 13.1. The van der Waals surface area contributed by atoms with Gasteiger partial charge in [0.25, 0.3) is 5.91 Å². The maximum atomic E-state index is 13.1. The Kier molecular flexibility index (Phi) is 6.54. The van der Waals surface area contributed by atoms with E-state index in [2.05, 4.69) is 10.3 Å². The molecule has 0 aliphatic rings. The second-order valence-corrected chi connectivity index (χ2v) is 8.39. The molecule has 0 radical (unpaired) electrons. The van der Waals surface area contributed by atoms with Gasteiger partial charge in [-0.15, -0.1) is 0 Å². The molecular weight excluding hydrogens is 446 g/mol. The third kappa shape index (κ3) is 5.00. The quantitative estimate of drug-likeness (QED) is 0.272. The van der Waals surface area contributed by atoms with Gasteiger partial charge in [0.15, 0.2) is 0 Å². The van der Waals surface area contributed by atoms with E-state index in [9.17, 15) is 4.79 Å². The molecule has 36 heavy (non-hydrogen) atoms. The fourth-order valence-electron chi connectivity index (χ4n) is 4.04. The average molecular weight is 472 g/mol. The van der Waals surface area contributed by atoms with Crippen LogP contribution in [0.15, 0.2) is 114 Å². The Bertz CT molecular complexity index is 1520. The van der Waals surface area contributed by atoms with Gasteiger partial charge in [-0.3, -0.25) is 9.78 Å². The zero-order valence-electron chi connectivity index (χ0n) is 20.1. The first-order chi connectivity index (χ1) is 17.6. The van der Waals surface area contributed by atoms with Crippen LogP contribution in [0.5, 0.6) is 5.75 Å². The van der Waals surface area contributed by atoms with Crippen molar-refractivity contribution in [2.24, 2.45) is 4.99 Å². The number of aromatic nitrogens is 1. The summed E-state index contributed by atoms with van der Waals surface area (Å²) in [6, 6.07) is 35.0. The number of amides is 1. The van der Waals surface area contributed by atoms with Crippen LogP contribution in [0.1, 0.15) is 27.2 Å². The molecule has 0 aliphatic carbocycles. The van der Waals surface area contributed by atoms with Crippen LogP contribution in [-0.4, -0.2) is 23.7 Å². The predicted octanol–water partition coefficient (Wildman–Crippen LogP) is 6.97. The van der Waals surface area contributed by atoms with E-state index >= 15 is 0 Å². The molecule has 0 atom stereocenters. The van der Waals surface area contributed by atoms with Crippen LogP contribution >= 0.6 is 0 Å². The zero-order valence-corrected chi connectivity index (χ0v) is 20.1. The van der Waals surface area contributed by atoms with Gasteiger partial charge in [-0.05, 0) is 49.4 Å². The molecule has 0 aliphatic heterocycles. The van der Waals surface area contributed by atoms with Crippen molar-refractivity contribution in [2.75, 3.05) is 12.4 Å². The Balaban J connectivity index is 1.50. The van der Waals surface area contributed by atoms with Crippen molar-refractivity contribution in [3.63, 3.8) is 0 Å². The molecule has 1 aromatic heterocycles. The molecule has 176 valence electrons. The number of carbonyl (C=O) groups is 1. The van der Waals surface area contributed by atoms with Crippen molar-refractivity contribution in [3.8, 4) is 5.75 Å². The highest BCUT2D eigenvalue weighted by atomic mass is 16.5. The van der Waals surface area contributed by atoms with Crippen molar-refractivity contribution < 1.29 is 9.53 Å². The van der Waals surface area contributed by atoms with E-state index in [1.54, 1.807) is 13.2 Å². The molecule has 5 aromatic rings. The summed E-state index contributed by atoms with van der Waals surface area (Å²) in [6.07, 6.45) is 0. The van der Waals surface area contributed by atoms with E-state index < -0.39 is 0 Å². The van der Waals surface area contributed by atoms with Gasteiger partial charge in [-0.25, -0.2) is 4.99 Å². The SMILES string of the molecule is COc1ccc(N=C(c2ccccc2)c2ccccc2)cc1NC(=O)c1ccc2nc(C)ccc2c1. The van der Waals surface area contributed by atoms with Crippen LogP contribution in [-0.2, 0) is 0 Å². The smallest absolute Gasteiger partial charge is 0.255 e. The number of aliphatic imine (C=N–C) groups is 1. The Morgan fingerprint density at radius 3 is 2.14 bits per heavy atom. The zero-order chi connectivity index (χ0) is 24.9. The summed E-state index contributed by atoms with van der Waals surface area (Å²) in [5, 5.41) is 3.90. The Hall–Kier alpha value is -4.77. The number of pyridine rings is 1. The van der Waals surface area contributed by atoms with Crippen LogP contribution in [0.3, 0.4) is 0 Å². The van der Waals surface area contributed by atoms with Gasteiger partial charge in [0, 0.05) is 27.8 Å². The summed E-state index contributed by atoms with van der Waals surface area (Å²) >= 11 is 0. The lowest BCUT2D eigenvalue weighted by molar-refractivity contribution is 0.102. The minimum atomic E-state index is -0.233. The molecular formula is C31H25N3O2. The first-order valence-electron chi connectivity index (χ1n) is 11.7. The predicted molar refractivity (Wildman–Crippen MR) is 146 cm³/mol. The van der Waals surface area contributed by atoms with Crippen molar-refractivity contribution in [1.82, 2.24) is 4.98 Å². The van der Waals surface area contributed by atoms with Gasteiger partial charge < -0.3 is 10.1 Å². The highest BCUT2D eigenvalue weighted by molar-refractivity contribution is 6.14. The summed E-state index contributed by atoms with van der Waals surface area (Å²) in [5.74, 6) is 0.324. The lowest BCUT2D eigenvalue weighted by Crippen LogP contribution is -2.12. The van der Waals surface area contributed by atoms with Gasteiger partial charge in [0.1, 0.15) is 5.75 Å². The second kappa shape index (κ2) is 10.2. The third-order valence-corrected chi connectivity index (χ3v) is 5.86. The molecule has 5 heteroatoms. The van der Waals surface area contributed by atoms with Gasteiger partial charge in [-0.1, -0.05) is 66.7 Å². The molecule has 5 nitrogen and oxygen atoms in total. The largest absolute Gasteiger partial charge is 0.495 e. The summed E-state index contributed by atoms with van der Waals surface area (Å²) in [4.78, 5) is 22.6. The standard InChI is InChI=1S/C31H25N3O2/c1-21-13-14-24-19-25(15-17-27(24)32-21)31(35)34-28-20-26(16-18-29(28)36-2)33-30(22-9-5-3-6-10-22)23-11-7-4-8-12-23/h3-20H,1-2H3,(H,34,35). The van der Waals surface area contributed by atoms with Crippen molar-refractivity contribution in [3.05, 3.63) is 132 Å². The van der Waals surface area contributed by atoms with Gasteiger partial charge >= 0.3 is 0 Å². The molecule has 1 amide bonds. The fourth-order valence-corrected chi connectivity index (χ4v) is 4.04. The monoisotopic (exact) mass is 471 g/mol. The summed E-state index contributed by atoms with van der Waals surface area (Å²) in [5.41, 5.74) is 6.44. The number of rotatable bonds is 6. The van der Waals surface area contributed by atoms with E-state index in [1.807, 2.05) is 110 Å². The molecule has 1 heterocycles. The van der Waals surface area contributed by atoms with Crippen LogP contribution in [0, 0.1) is 6.92 Å². The lowest BCUT2D eigenvalue weighted by atomic mass is 10.0. The van der Waals surface area contributed by atoms with Gasteiger partial charge in [-0.2, -0.15) is 0 Å². The van der Waals surface area contributed by atoms with Crippen LogP contribution in [0.25, 0.3) is 10.9 Å². The Labute approximate surface area is 210 Å². The Morgan fingerprint density at radius 1 is 0.778 bits per heavy atom. The van der Waals surface area contributed by atoms with Crippen LogP contribution in [0.4, 0.5) is 11.4 Å². The summed E-state index contributed by atoms with van der Waals surface area (Å²) in [7, 11) is 1.58. The summed E-state index contributed by atoms with van der Waals surface area (Å²) < 4.78 is 5.52. The fraction of sp³-hybridized carbons (Fsp3) is 0.0645. The van der Waals surface area contributed by atoms with Crippen molar-refractivity contribution in [2.45, 2.75) is 6.92 Å². The van der Waals surface area contributed by atoms with Gasteiger partial charge in [0.2, 0.25) is 0 Å². The molecule has 5 rings (SSSR count). The molecule has 4 aromatic carbocycles. The number of benzene rings is 4. The van der Waals surface area contributed by atoms with E-state index in [4.69, 9.17) is 9.73 Å². The number of nitrogens with one attached hydrogen (secondary N) is 1. The number of aryl methyl sites for hydroxylation is 1. The molecule has 0 saturated heterocycles. The Morgan fingerprint density at radius 2 is 1.47 bits per heavy atom. The van der Waals surface area contributed by atoms with E-state index in [0.717, 1.165) is 33.4 Å². The molecule has 0 spiro atoms. The number of methoxy groups -OCH3 is 1. The molecule has 0 bridgehead atoms. The average Bonchev–Trinajstić information content (AvgIpc) is 2.92. The molecule has 1 N–H and O–H groups in total. The number of nitrogens with zero attached hydrogens (tertiary/aromatic N) is 2. The molecule has 0 saturated carbocycles. The van der Waals surface area contributed by atoms with E-state index in [1.165, 1.54) is 0 Å². The molecule has 0 fully saturated rings.